The van der Waals surface area contributed by atoms with Crippen molar-refractivity contribution in [3.05, 3.63) is 30.3 Å². The van der Waals surface area contributed by atoms with Crippen LogP contribution in [0.5, 0.6) is 0 Å². The molecule has 15 heavy (non-hydrogen) atoms. The topological polar surface area (TPSA) is 18.5 Å². The first kappa shape index (κ1) is 11.2. The van der Waals surface area contributed by atoms with Gasteiger partial charge in [0.15, 0.2) is 0 Å². The van der Waals surface area contributed by atoms with E-state index in [0.29, 0.717) is 15.0 Å². The van der Waals surface area contributed by atoms with Crippen molar-refractivity contribution >= 4 is 19.4 Å². The second kappa shape index (κ2) is 4.67. The van der Waals surface area contributed by atoms with Gasteiger partial charge in [0, 0.05) is 0 Å². The van der Waals surface area contributed by atoms with Crippen LogP contribution in [0.3, 0.4) is 0 Å². The summed E-state index contributed by atoms with van der Waals surface area (Å²) in [5.74, 6) is -0.378. The molecule has 1 aliphatic heterocycles. The molecule has 0 saturated carbocycles. The van der Waals surface area contributed by atoms with E-state index in [1.165, 1.54) is 4.46 Å². The molecular formula is C12H16O2Se. The monoisotopic (exact) mass is 272 g/mol. The Morgan fingerprint density at radius 3 is 2.67 bits per heavy atom. The van der Waals surface area contributed by atoms with E-state index in [2.05, 4.69) is 30.3 Å². The van der Waals surface area contributed by atoms with Crippen LogP contribution in [0, 0.1) is 0 Å². The number of ether oxygens (including phenoxy) is 2. The van der Waals surface area contributed by atoms with Gasteiger partial charge in [0.05, 0.1) is 0 Å². The van der Waals surface area contributed by atoms with E-state index in [0.717, 1.165) is 11.9 Å². The Morgan fingerprint density at radius 2 is 2.07 bits per heavy atom. The van der Waals surface area contributed by atoms with Crippen molar-refractivity contribution in [1.29, 1.82) is 0 Å². The Morgan fingerprint density at radius 1 is 1.33 bits per heavy atom. The van der Waals surface area contributed by atoms with E-state index >= 15 is 0 Å². The molecule has 1 atom stereocenters. The third kappa shape index (κ3) is 3.32. The summed E-state index contributed by atoms with van der Waals surface area (Å²) in [6.45, 7) is 4.69. The fourth-order valence-electron chi connectivity index (χ4n) is 1.55. The van der Waals surface area contributed by atoms with Gasteiger partial charge < -0.3 is 0 Å². The second-order valence-electron chi connectivity index (χ2n) is 4.07. The van der Waals surface area contributed by atoms with Crippen molar-refractivity contribution in [3.63, 3.8) is 0 Å². The van der Waals surface area contributed by atoms with Crippen LogP contribution in [0.25, 0.3) is 0 Å². The summed E-state index contributed by atoms with van der Waals surface area (Å²) in [4.78, 5) is 0. The fraction of sp³-hybridized carbons (Fsp3) is 0.500. The van der Waals surface area contributed by atoms with Crippen molar-refractivity contribution < 1.29 is 9.47 Å². The zero-order valence-corrected chi connectivity index (χ0v) is 10.8. The van der Waals surface area contributed by atoms with Gasteiger partial charge in [0.1, 0.15) is 0 Å². The SMILES string of the molecule is CC1(C)OCC(C[Se]c2ccccc2)O1. The van der Waals surface area contributed by atoms with Crippen molar-refractivity contribution in [3.8, 4) is 0 Å². The van der Waals surface area contributed by atoms with Crippen LogP contribution in [-0.2, 0) is 9.47 Å². The molecule has 82 valence electrons. The van der Waals surface area contributed by atoms with E-state index in [1.807, 2.05) is 13.8 Å². The molecule has 0 radical (unpaired) electrons. The van der Waals surface area contributed by atoms with Gasteiger partial charge in [-0.15, -0.1) is 0 Å². The van der Waals surface area contributed by atoms with Crippen LogP contribution >= 0.6 is 0 Å². The first-order valence-corrected chi connectivity index (χ1v) is 7.22. The first-order chi connectivity index (χ1) is 7.16. The van der Waals surface area contributed by atoms with Gasteiger partial charge in [-0.05, 0) is 0 Å². The van der Waals surface area contributed by atoms with Crippen LogP contribution in [0.1, 0.15) is 13.8 Å². The molecule has 1 saturated heterocycles. The molecular weight excluding hydrogens is 255 g/mol. The van der Waals surface area contributed by atoms with Gasteiger partial charge in [-0.25, -0.2) is 0 Å². The maximum absolute atomic E-state index is 5.76. The molecule has 1 aromatic carbocycles. The Balaban J connectivity index is 1.80. The number of hydrogen-bond acceptors (Lipinski definition) is 2. The summed E-state index contributed by atoms with van der Waals surface area (Å²) in [6.07, 6.45) is 0.278. The Hall–Kier alpha value is -0.341. The van der Waals surface area contributed by atoms with E-state index in [-0.39, 0.29) is 11.9 Å². The van der Waals surface area contributed by atoms with Crippen LogP contribution < -0.4 is 4.46 Å². The molecule has 1 heterocycles. The standard InChI is InChI=1S/C12H16O2Se/c1-12(2)13-8-10(14-12)9-15-11-6-4-3-5-7-11/h3-7,10H,8-9H2,1-2H3. The molecule has 1 fully saturated rings. The van der Waals surface area contributed by atoms with Crippen molar-refractivity contribution in [1.82, 2.24) is 0 Å². The predicted molar refractivity (Wildman–Crippen MR) is 61.5 cm³/mol. The molecule has 2 rings (SSSR count). The minimum atomic E-state index is -0.378. The summed E-state index contributed by atoms with van der Waals surface area (Å²) in [6, 6.07) is 10.6. The molecule has 1 aliphatic rings. The van der Waals surface area contributed by atoms with E-state index in [9.17, 15) is 0 Å². The molecule has 0 spiro atoms. The number of rotatable bonds is 3. The summed E-state index contributed by atoms with van der Waals surface area (Å²) >= 11 is 0.496. The average molecular weight is 271 g/mol. The molecule has 3 heteroatoms. The van der Waals surface area contributed by atoms with Crippen LogP contribution in [0.2, 0.25) is 5.32 Å². The quantitative estimate of drug-likeness (QED) is 0.777. The number of benzene rings is 1. The second-order valence-corrected chi connectivity index (χ2v) is 6.37. The van der Waals surface area contributed by atoms with Gasteiger partial charge in [0.2, 0.25) is 0 Å². The van der Waals surface area contributed by atoms with Gasteiger partial charge in [-0.1, -0.05) is 0 Å². The first-order valence-electron chi connectivity index (χ1n) is 5.15. The van der Waals surface area contributed by atoms with Crippen molar-refractivity contribution in [2.75, 3.05) is 6.61 Å². The van der Waals surface area contributed by atoms with E-state index in [1.54, 1.807) is 0 Å². The van der Waals surface area contributed by atoms with Crippen LogP contribution in [0.4, 0.5) is 0 Å². The summed E-state index contributed by atoms with van der Waals surface area (Å²) in [5.41, 5.74) is 0. The van der Waals surface area contributed by atoms with Crippen LogP contribution in [0.15, 0.2) is 30.3 Å². The zero-order chi connectivity index (χ0) is 10.7. The maximum atomic E-state index is 5.76. The normalized spacial score (nSPS) is 24.3. The van der Waals surface area contributed by atoms with Gasteiger partial charge in [-0.3, -0.25) is 0 Å². The predicted octanol–water partition coefficient (Wildman–Crippen LogP) is 1.59. The number of hydrogen-bond donors (Lipinski definition) is 0. The fourth-order valence-corrected chi connectivity index (χ4v) is 3.42. The Kier molecular flexibility index (Phi) is 3.47. The Labute approximate surface area is 97.1 Å². The minimum absolute atomic E-state index is 0.278. The van der Waals surface area contributed by atoms with Crippen molar-refractivity contribution in [2.45, 2.75) is 31.1 Å². The molecule has 1 unspecified atom stereocenters. The molecule has 1 aromatic rings. The molecule has 0 bridgehead atoms. The van der Waals surface area contributed by atoms with Gasteiger partial charge in [-0.2, -0.15) is 0 Å². The summed E-state index contributed by atoms with van der Waals surface area (Å²) < 4.78 is 12.7. The van der Waals surface area contributed by atoms with E-state index < -0.39 is 0 Å². The van der Waals surface area contributed by atoms with Gasteiger partial charge in [0.25, 0.3) is 0 Å². The summed E-state index contributed by atoms with van der Waals surface area (Å²) in [5, 5.41) is 1.10. The third-order valence-corrected chi connectivity index (χ3v) is 4.65. The molecule has 0 aromatic heterocycles. The summed E-state index contributed by atoms with van der Waals surface area (Å²) in [7, 11) is 0. The molecule has 2 nitrogen and oxygen atoms in total. The third-order valence-electron chi connectivity index (χ3n) is 2.25. The van der Waals surface area contributed by atoms with Crippen LogP contribution in [-0.4, -0.2) is 33.5 Å². The van der Waals surface area contributed by atoms with E-state index in [4.69, 9.17) is 9.47 Å². The van der Waals surface area contributed by atoms with Crippen molar-refractivity contribution in [2.24, 2.45) is 0 Å². The molecule has 0 aliphatic carbocycles. The Bertz CT molecular complexity index is 311. The van der Waals surface area contributed by atoms with Gasteiger partial charge >= 0.3 is 96.9 Å². The zero-order valence-electron chi connectivity index (χ0n) is 9.10. The average Bonchev–Trinajstić information content (AvgIpc) is 2.57. The molecule has 0 amide bonds. The molecule has 0 N–H and O–H groups in total.